The van der Waals surface area contributed by atoms with E-state index in [1.165, 1.54) is 4.90 Å². The third-order valence-electron chi connectivity index (χ3n) is 3.37. The van der Waals surface area contributed by atoms with Gasteiger partial charge in [0.15, 0.2) is 0 Å². The molecular formula is C13H16FNO4S. The fourth-order valence-electron chi connectivity index (χ4n) is 2.44. The van der Waals surface area contributed by atoms with Crippen molar-refractivity contribution in [2.75, 3.05) is 18.8 Å². The molecule has 1 N–H and O–H groups in total. The molecule has 0 bridgehead atoms. The molecule has 1 atom stereocenters. The first-order valence-electron chi connectivity index (χ1n) is 6.32. The topological polar surface area (TPSA) is 74.7 Å². The third-order valence-corrected chi connectivity index (χ3v) is 4.24. The molecule has 0 aliphatic carbocycles. The highest BCUT2D eigenvalue weighted by molar-refractivity contribution is 7.86. The molecule has 2 rings (SSSR count). The summed E-state index contributed by atoms with van der Waals surface area (Å²) >= 11 is 0. The number of nitrogens with zero attached hydrogens (tertiary/aromatic N) is 1. The molecule has 110 valence electrons. The highest BCUT2D eigenvalue weighted by Crippen LogP contribution is 2.22. The molecule has 1 aromatic rings. The van der Waals surface area contributed by atoms with Gasteiger partial charge >= 0.3 is 10.2 Å². The molecule has 1 amide bonds. The maximum Gasteiger partial charge on any atom is 0.302 e. The van der Waals surface area contributed by atoms with Gasteiger partial charge in [-0.1, -0.05) is 18.2 Å². The Morgan fingerprint density at radius 3 is 2.70 bits per heavy atom. The number of benzene rings is 1. The van der Waals surface area contributed by atoms with Crippen LogP contribution in [0.1, 0.15) is 12.0 Å². The van der Waals surface area contributed by atoms with E-state index in [0.29, 0.717) is 13.0 Å². The van der Waals surface area contributed by atoms with Crippen molar-refractivity contribution in [2.24, 2.45) is 5.92 Å². The van der Waals surface area contributed by atoms with Gasteiger partial charge in [0.1, 0.15) is 5.75 Å². The first-order chi connectivity index (χ1) is 9.35. The summed E-state index contributed by atoms with van der Waals surface area (Å²) in [5.41, 5.74) is 0.724. The summed E-state index contributed by atoms with van der Waals surface area (Å²) in [6.07, 6.45) is 0.539. The van der Waals surface area contributed by atoms with Crippen LogP contribution in [0.2, 0.25) is 0 Å². The average Bonchev–Trinajstić information content (AvgIpc) is 2.66. The summed E-state index contributed by atoms with van der Waals surface area (Å²) in [5.74, 6) is -1.09. The van der Waals surface area contributed by atoms with Gasteiger partial charge in [0.2, 0.25) is 5.91 Å². The van der Waals surface area contributed by atoms with Crippen LogP contribution in [0.5, 0.6) is 5.75 Å². The minimum atomic E-state index is -4.55. The van der Waals surface area contributed by atoms with Gasteiger partial charge in [-0.05, 0) is 18.1 Å². The second kappa shape index (κ2) is 5.78. The highest BCUT2D eigenvalue weighted by atomic mass is 32.3. The van der Waals surface area contributed by atoms with Crippen LogP contribution < -0.4 is 0 Å². The van der Waals surface area contributed by atoms with Crippen molar-refractivity contribution in [3.05, 3.63) is 29.8 Å². The van der Waals surface area contributed by atoms with Crippen molar-refractivity contribution in [2.45, 2.75) is 12.8 Å². The lowest BCUT2D eigenvalue weighted by Gasteiger charge is -2.16. The van der Waals surface area contributed by atoms with Crippen molar-refractivity contribution in [3.63, 3.8) is 0 Å². The van der Waals surface area contributed by atoms with Crippen LogP contribution in [0.15, 0.2) is 24.3 Å². The van der Waals surface area contributed by atoms with Crippen molar-refractivity contribution in [1.82, 2.24) is 4.90 Å². The van der Waals surface area contributed by atoms with Crippen molar-refractivity contribution >= 4 is 16.1 Å². The first kappa shape index (κ1) is 14.8. The lowest BCUT2D eigenvalue weighted by atomic mass is 10.1. The summed E-state index contributed by atoms with van der Waals surface area (Å²) in [6, 6.07) is 6.83. The van der Waals surface area contributed by atoms with Gasteiger partial charge in [-0.3, -0.25) is 4.79 Å². The molecule has 1 fully saturated rings. The van der Waals surface area contributed by atoms with E-state index >= 15 is 0 Å². The summed E-state index contributed by atoms with van der Waals surface area (Å²) in [5, 5.41) is 9.62. The van der Waals surface area contributed by atoms with Crippen LogP contribution in [0.4, 0.5) is 3.89 Å². The number of halogens is 1. The molecule has 0 saturated carbocycles. The molecule has 1 unspecified atom stereocenters. The number of para-hydroxylation sites is 1. The van der Waals surface area contributed by atoms with E-state index in [4.69, 9.17) is 0 Å². The van der Waals surface area contributed by atoms with E-state index < -0.39 is 21.9 Å². The smallest absolute Gasteiger partial charge is 0.302 e. The standard InChI is InChI=1S/C13H16FNO4S/c14-20(18,19)9-10-7-13(17)15(8-10)6-5-11-3-1-2-4-12(11)16/h1-4,10,16H,5-9H2. The Labute approximate surface area is 117 Å². The monoisotopic (exact) mass is 301 g/mol. The summed E-state index contributed by atoms with van der Waals surface area (Å²) < 4.78 is 33.8. The predicted octanol–water partition coefficient (Wildman–Crippen LogP) is 1.08. The van der Waals surface area contributed by atoms with Gasteiger partial charge in [0, 0.05) is 25.4 Å². The number of hydrogen-bond donors (Lipinski definition) is 1. The van der Waals surface area contributed by atoms with Crippen LogP contribution in [-0.4, -0.2) is 43.2 Å². The van der Waals surface area contributed by atoms with Gasteiger partial charge in [-0.25, -0.2) is 0 Å². The summed E-state index contributed by atoms with van der Waals surface area (Å²) in [4.78, 5) is 13.2. The number of phenolic OH excluding ortho intramolecular Hbond substituents is 1. The molecule has 1 aliphatic rings. The van der Waals surface area contributed by atoms with Crippen LogP contribution in [0.25, 0.3) is 0 Å². The Kier molecular flexibility index (Phi) is 4.27. The molecule has 5 nitrogen and oxygen atoms in total. The van der Waals surface area contributed by atoms with E-state index in [1.54, 1.807) is 24.3 Å². The highest BCUT2D eigenvalue weighted by Gasteiger charge is 2.32. The van der Waals surface area contributed by atoms with Gasteiger partial charge in [0.25, 0.3) is 0 Å². The largest absolute Gasteiger partial charge is 0.508 e. The first-order valence-corrected chi connectivity index (χ1v) is 7.87. The third kappa shape index (κ3) is 3.93. The van der Waals surface area contributed by atoms with E-state index in [0.717, 1.165) is 5.56 Å². The Balaban J connectivity index is 1.91. The summed E-state index contributed by atoms with van der Waals surface area (Å²) in [6.45, 7) is 0.634. The molecule has 7 heteroatoms. The zero-order chi connectivity index (χ0) is 14.8. The number of amides is 1. The fraction of sp³-hybridized carbons (Fsp3) is 0.462. The number of hydrogen-bond acceptors (Lipinski definition) is 4. The molecular weight excluding hydrogens is 285 g/mol. The zero-order valence-electron chi connectivity index (χ0n) is 10.8. The van der Waals surface area contributed by atoms with Crippen LogP contribution in [0.3, 0.4) is 0 Å². The molecule has 1 aliphatic heterocycles. The second-order valence-electron chi connectivity index (χ2n) is 4.99. The number of phenols is 1. The van der Waals surface area contributed by atoms with Crippen LogP contribution in [0, 0.1) is 5.92 Å². The SMILES string of the molecule is O=C1CC(CS(=O)(=O)F)CN1CCc1ccccc1O. The average molecular weight is 301 g/mol. The predicted molar refractivity (Wildman–Crippen MR) is 71.4 cm³/mol. The van der Waals surface area contributed by atoms with Crippen molar-refractivity contribution < 1.29 is 22.2 Å². The van der Waals surface area contributed by atoms with Crippen LogP contribution in [-0.2, 0) is 21.4 Å². The molecule has 1 saturated heterocycles. The van der Waals surface area contributed by atoms with E-state index in [2.05, 4.69) is 0 Å². The molecule has 1 aromatic carbocycles. The Bertz CT molecular complexity index is 602. The van der Waals surface area contributed by atoms with Crippen molar-refractivity contribution in [1.29, 1.82) is 0 Å². The van der Waals surface area contributed by atoms with Gasteiger partial charge < -0.3 is 10.0 Å². The fourth-order valence-corrected chi connectivity index (χ4v) is 3.23. The number of carbonyl (C=O) groups is 1. The van der Waals surface area contributed by atoms with E-state index in [1.807, 2.05) is 0 Å². The molecule has 0 radical (unpaired) electrons. The summed E-state index contributed by atoms with van der Waals surface area (Å²) in [7, 11) is -4.55. The lowest BCUT2D eigenvalue weighted by molar-refractivity contribution is -0.127. The Hall–Kier alpha value is -1.63. The number of likely N-dealkylation sites (tertiary alicyclic amines) is 1. The minimum absolute atomic E-state index is 0.0594. The number of rotatable bonds is 5. The van der Waals surface area contributed by atoms with Crippen LogP contribution >= 0.6 is 0 Å². The van der Waals surface area contributed by atoms with Gasteiger partial charge in [0.05, 0.1) is 5.75 Å². The quantitative estimate of drug-likeness (QED) is 0.826. The van der Waals surface area contributed by atoms with E-state index in [9.17, 15) is 22.2 Å². The zero-order valence-corrected chi connectivity index (χ0v) is 11.6. The Morgan fingerprint density at radius 1 is 1.35 bits per heavy atom. The van der Waals surface area contributed by atoms with Crippen molar-refractivity contribution in [3.8, 4) is 5.75 Å². The van der Waals surface area contributed by atoms with Gasteiger partial charge in [-0.2, -0.15) is 8.42 Å². The number of carbonyl (C=O) groups excluding carboxylic acids is 1. The molecule has 0 spiro atoms. The Morgan fingerprint density at radius 2 is 2.05 bits per heavy atom. The lowest BCUT2D eigenvalue weighted by Crippen LogP contribution is -2.28. The van der Waals surface area contributed by atoms with Gasteiger partial charge in [-0.15, -0.1) is 3.89 Å². The maximum atomic E-state index is 12.6. The molecule has 1 heterocycles. The molecule has 0 aromatic heterocycles. The normalized spacial score (nSPS) is 19.6. The maximum absolute atomic E-state index is 12.6. The second-order valence-corrected chi connectivity index (χ2v) is 6.41. The molecule has 20 heavy (non-hydrogen) atoms. The van der Waals surface area contributed by atoms with E-state index in [-0.39, 0.29) is 24.6 Å². The minimum Gasteiger partial charge on any atom is -0.508 e. The number of aromatic hydroxyl groups is 1.